The van der Waals surface area contributed by atoms with Crippen LogP contribution in [-0.2, 0) is 0 Å². The number of fused-ring (bicyclic) bond motifs is 1. The summed E-state index contributed by atoms with van der Waals surface area (Å²) in [5, 5.41) is 12.6. The van der Waals surface area contributed by atoms with Crippen molar-refractivity contribution in [3.63, 3.8) is 0 Å². The Morgan fingerprint density at radius 1 is 1.33 bits per heavy atom. The fourth-order valence-corrected chi connectivity index (χ4v) is 1.93. The lowest BCUT2D eigenvalue weighted by atomic mass is 10.2. The van der Waals surface area contributed by atoms with Gasteiger partial charge in [0.05, 0.1) is 17.4 Å². The molecule has 0 atom stereocenters. The van der Waals surface area contributed by atoms with Gasteiger partial charge in [-0.3, -0.25) is 0 Å². The summed E-state index contributed by atoms with van der Waals surface area (Å²) in [7, 11) is 0. The van der Waals surface area contributed by atoms with Crippen LogP contribution in [0.5, 0.6) is 0 Å². The molecule has 1 aromatic heterocycles. The first-order valence-electron chi connectivity index (χ1n) is 4.84. The molecule has 0 amide bonds. The molecule has 0 saturated heterocycles. The Labute approximate surface area is 102 Å². The first kappa shape index (κ1) is 10.6. The van der Waals surface area contributed by atoms with Crippen LogP contribution in [0, 0.1) is 3.57 Å². The largest absolute Gasteiger partial charge is 0.381 e. The van der Waals surface area contributed by atoms with E-state index in [1.165, 1.54) is 3.57 Å². The summed E-state index contributed by atoms with van der Waals surface area (Å²) in [6.45, 7) is 4.22. The molecule has 0 spiro atoms. The van der Waals surface area contributed by atoms with E-state index in [0.717, 1.165) is 16.6 Å². The molecular weight excluding hydrogens is 301 g/mol. The van der Waals surface area contributed by atoms with Crippen LogP contribution >= 0.6 is 22.6 Å². The predicted molar refractivity (Wildman–Crippen MR) is 71.0 cm³/mol. The Morgan fingerprint density at radius 2 is 2.13 bits per heavy atom. The van der Waals surface area contributed by atoms with Gasteiger partial charge in [0.1, 0.15) is 0 Å². The van der Waals surface area contributed by atoms with Crippen molar-refractivity contribution in [2.75, 3.05) is 5.32 Å². The Bertz CT molecular complexity index is 482. The lowest BCUT2D eigenvalue weighted by Crippen LogP contribution is -2.10. The summed E-state index contributed by atoms with van der Waals surface area (Å²) in [5.41, 5.74) is 1.99. The first-order valence-corrected chi connectivity index (χ1v) is 5.92. The summed E-state index contributed by atoms with van der Waals surface area (Å²) in [6, 6.07) is 6.60. The second kappa shape index (κ2) is 4.30. The van der Waals surface area contributed by atoms with Gasteiger partial charge in [-0.2, -0.15) is 10.2 Å². The molecule has 15 heavy (non-hydrogen) atoms. The van der Waals surface area contributed by atoms with Crippen LogP contribution in [0.2, 0.25) is 0 Å². The maximum absolute atomic E-state index is 4.12. The van der Waals surface area contributed by atoms with E-state index in [1.807, 2.05) is 6.07 Å². The highest BCUT2D eigenvalue weighted by Crippen LogP contribution is 2.22. The van der Waals surface area contributed by atoms with Crippen molar-refractivity contribution in [3.8, 4) is 0 Å². The van der Waals surface area contributed by atoms with Gasteiger partial charge in [-0.05, 0) is 54.6 Å². The third kappa shape index (κ3) is 2.37. The van der Waals surface area contributed by atoms with Gasteiger partial charge in [0.25, 0.3) is 0 Å². The molecular formula is C11H12IN3. The fourth-order valence-electron chi connectivity index (χ4n) is 1.46. The summed E-state index contributed by atoms with van der Waals surface area (Å²) < 4.78 is 1.18. The van der Waals surface area contributed by atoms with Crippen LogP contribution in [0.4, 0.5) is 5.69 Å². The Kier molecular flexibility index (Phi) is 3.04. The van der Waals surface area contributed by atoms with E-state index >= 15 is 0 Å². The molecule has 2 aromatic rings. The van der Waals surface area contributed by atoms with Crippen molar-refractivity contribution >= 4 is 39.2 Å². The smallest absolute Gasteiger partial charge is 0.0960 e. The first-order chi connectivity index (χ1) is 7.16. The molecule has 4 heteroatoms. The van der Waals surface area contributed by atoms with E-state index in [1.54, 1.807) is 6.20 Å². The number of nitrogens with zero attached hydrogens (tertiary/aromatic N) is 2. The molecule has 0 aliphatic rings. The zero-order valence-corrected chi connectivity index (χ0v) is 10.8. The maximum Gasteiger partial charge on any atom is 0.0960 e. The van der Waals surface area contributed by atoms with Gasteiger partial charge < -0.3 is 5.32 Å². The molecule has 0 saturated carbocycles. The van der Waals surface area contributed by atoms with E-state index in [2.05, 4.69) is 64.1 Å². The van der Waals surface area contributed by atoms with Crippen molar-refractivity contribution in [3.05, 3.63) is 28.0 Å². The number of hydrogen-bond acceptors (Lipinski definition) is 3. The molecule has 1 heterocycles. The molecule has 3 nitrogen and oxygen atoms in total. The van der Waals surface area contributed by atoms with Crippen molar-refractivity contribution in [1.82, 2.24) is 10.2 Å². The molecule has 0 unspecified atom stereocenters. The number of rotatable bonds is 2. The van der Waals surface area contributed by atoms with Crippen molar-refractivity contribution in [1.29, 1.82) is 0 Å². The molecule has 0 radical (unpaired) electrons. The Morgan fingerprint density at radius 3 is 2.87 bits per heavy atom. The summed E-state index contributed by atoms with van der Waals surface area (Å²) in [6.07, 6.45) is 1.77. The van der Waals surface area contributed by atoms with Gasteiger partial charge in [0.2, 0.25) is 0 Å². The van der Waals surface area contributed by atoms with Crippen LogP contribution in [-0.4, -0.2) is 16.2 Å². The molecule has 0 aliphatic carbocycles. The topological polar surface area (TPSA) is 37.8 Å². The molecule has 0 fully saturated rings. The third-order valence-corrected chi connectivity index (χ3v) is 2.72. The molecule has 0 bridgehead atoms. The highest BCUT2D eigenvalue weighted by Gasteiger charge is 2.03. The SMILES string of the molecule is CC(C)Nc1cnnc2cc(I)ccc12. The highest BCUT2D eigenvalue weighted by atomic mass is 127. The van der Waals surface area contributed by atoms with E-state index in [0.29, 0.717) is 6.04 Å². The van der Waals surface area contributed by atoms with Crippen LogP contribution in [0.3, 0.4) is 0 Å². The second-order valence-electron chi connectivity index (χ2n) is 3.72. The van der Waals surface area contributed by atoms with Crippen molar-refractivity contribution < 1.29 is 0 Å². The maximum atomic E-state index is 4.12. The predicted octanol–water partition coefficient (Wildman–Crippen LogP) is 3.05. The number of aromatic nitrogens is 2. The van der Waals surface area contributed by atoms with E-state index in [4.69, 9.17) is 0 Å². The molecule has 2 rings (SSSR count). The van der Waals surface area contributed by atoms with Gasteiger partial charge in [-0.15, -0.1) is 0 Å². The number of halogens is 1. The average Bonchev–Trinajstić information content (AvgIpc) is 2.16. The van der Waals surface area contributed by atoms with E-state index in [-0.39, 0.29) is 0 Å². The van der Waals surface area contributed by atoms with Gasteiger partial charge in [0, 0.05) is 15.0 Å². The molecule has 1 N–H and O–H groups in total. The van der Waals surface area contributed by atoms with Crippen molar-refractivity contribution in [2.45, 2.75) is 19.9 Å². The van der Waals surface area contributed by atoms with Gasteiger partial charge >= 0.3 is 0 Å². The quantitative estimate of drug-likeness (QED) is 0.866. The van der Waals surface area contributed by atoms with Gasteiger partial charge in [-0.1, -0.05) is 0 Å². The molecule has 78 valence electrons. The monoisotopic (exact) mass is 313 g/mol. The normalized spacial score (nSPS) is 10.9. The fraction of sp³-hybridized carbons (Fsp3) is 0.273. The van der Waals surface area contributed by atoms with Gasteiger partial charge in [-0.25, -0.2) is 0 Å². The van der Waals surface area contributed by atoms with Crippen LogP contribution < -0.4 is 5.32 Å². The molecule has 1 aromatic carbocycles. The standard InChI is InChI=1S/C11H12IN3/c1-7(2)14-11-6-13-15-10-5-8(12)3-4-9(10)11/h3-7H,1-2H3,(H,14,15). The Hall–Kier alpha value is -0.910. The summed E-state index contributed by atoms with van der Waals surface area (Å²) in [4.78, 5) is 0. The highest BCUT2D eigenvalue weighted by molar-refractivity contribution is 14.1. The zero-order valence-electron chi connectivity index (χ0n) is 8.66. The lowest BCUT2D eigenvalue weighted by molar-refractivity contribution is 0.897. The Balaban J connectivity index is 2.56. The number of hydrogen-bond donors (Lipinski definition) is 1. The van der Waals surface area contributed by atoms with Crippen LogP contribution in [0.15, 0.2) is 24.4 Å². The van der Waals surface area contributed by atoms with Crippen molar-refractivity contribution in [2.24, 2.45) is 0 Å². The summed E-state index contributed by atoms with van der Waals surface area (Å²) >= 11 is 2.28. The van der Waals surface area contributed by atoms with Crippen LogP contribution in [0.25, 0.3) is 10.9 Å². The van der Waals surface area contributed by atoms with Gasteiger partial charge in [0.15, 0.2) is 0 Å². The number of benzene rings is 1. The lowest BCUT2D eigenvalue weighted by Gasteiger charge is -2.11. The second-order valence-corrected chi connectivity index (χ2v) is 4.96. The average molecular weight is 313 g/mol. The zero-order chi connectivity index (χ0) is 10.8. The van der Waals surface area contributed by atoms with E-state index in [9.17, 15) is 0 Å². The minimum atomic E-state index is 0.400. The number of anilines is 1. The van der Waals surface area contributed by atoms with Crippen LogP contribution in [0.1, 0.15) is 13.8 Å². The van der Waals surface area contributed by atoms with E-state index < -0.39 is 0 Å². The third-order valence-electron chi connectivity index (χ3n) is 2.05. The minimum Gasteiger partial charge on any atom is -0.381 e. The number of nitrogens with one attached hydrogen (secondary N) is 1. The minimum absolute atomic E-state index is 0.400. The summed E-state index contributed by atoms with van der Waals surface area (Å²) in [5.74, 6) is 0. The molecule has 0 aliphatic heterocycles.